The number of carboxylic acid groups (broad SMARTS) is 1. The largest absolute Gasteiger partial charge is 0.493 e. The molecule has 1 aromatic heterocycles. The van der Waals surface area contributed by atoms with Crippen molar-refractivity contribution in [3.05, 3.63) is 59.8 Å². The summed E-state index contributed by atoms with van der Waals surface area (Å²) in [6, 6.07) is 12.3. The van der Waals surface area contributed by atoms with Crippen LogP contribution in [-0.2, 0) is 10.2 Å². The fraction of sp³-hybridized carbons (Fsp3) is 0.346. The third-order valence-corrected chi connectivity index (χ3v) is 5.33. The average Bonchev–Trinajstić information content (AvgIpc) is 3.10. The van der Waals surface area contributed by atoms with E-state index in [1.165, 1.54) is 11.6 Å². The van der Waals surface area contributed by atoms with E-state index in [-0.39, 0.29) is 5.41 Å². The molecule has 158 valence electrons. The molecule has 0 amide bonds. The summed E-state index contributed by atoms with van der Waals surface area (Å²) in [4.78, 5) is 14.4. The van der Waals surface area contributed by atoms with Gasteiger partial charge in [-0.05, 0) is 42.0 Å². The van der Waals surface area contributed by atoms with Crippen LogP contribution in [0.1, 0.15) is 58.6 Å². The van der Waals surface area contributed by atoms with Gasteiger partial charge in [0.1, 0.15) is 5.75 Å². The smallest absolute Gasteiger partial charge is 0.328 e. The van der Waals surface area contributed by atoms with Gasteiger partial charge in [0.05, 0.1) is 6.61 Å². The first-order valence-electron chi connectivity index (χ1n) is 10.5. The first-order chi connectivity index (χ1) is 14.2. The minimum absolute atomic E-state index is 0.0460. The number of carboxylic acids is 1. The van der Waals surface area contributed by atoms with Gasteiger partial charge in [-0.25, -0.2) is 4.79 Å². The molecule has 30 heavy (non-hydrogen) atoms. The zero-order chi connectivity index (χ0) is 21.9. The lowest BCUT2D eigenvalue weighted by Crippen LogP contribution is -2.14. The number of allylic oxidation sites excluding steroid dienone is 1. The summed E-state index contributed by atoms with van der Waals surface area (Å²) in [5, 5.41) is 10.2. The number of para-hydroxylation sites is 1. The number of nitrogens with one attached hydrogen (secondary N) is 1. The van der Waals surface area contributed by atoms with Crippen molar-refractivity contribution in [2.45, 2.75) is 52.9 Å². The Kier molecular flexibility index (Phi) is 6.35. The van der Waals surface area contributed by atoms with E-state index in [2.05, 4.69) is 56.9 Å². The molecule has 0 aliphatic rings. The Hall–Kier alpha value is -3.01. The van der Waals surface area contributed by atoms with Crippen LogP contribution in [0.5, 0.6) is 5.75 Å². The lowest BCUT2D eigenvalue weighted by atomic mass is 9.84. The highest BCUT2D eigenvalue weighted by Gasteiger charge is 2.23. The lowest BCUT2D eigenvalue weighted by molar-refractivity contribution is -0.131. The molecule has 4 nitrogen and oxygen atoms in total. The van der Waals surface area contributed by atoms with Crippen molar-refractivity contribution < 1.29 is 14.6 Å². The van der Waals surface area contributed by atoms with Gasteiger partial charge in [-0.15, -0.1) is 0 Å². The molecule has 0 bridgehead atoms. The first-order valence-corrected chi connectivity index (χ1v) is 10.5. The number of aliphatic carboxylic acids is 1. The van der Waals surface area contributed by atoms with Gasteiger partial charge in [0.15, 0.2) is 0 Å². The fourth-order valence-electron chi connectivity index (χ4n) is 3.67. The summed E-state index contributed by atoms with van der Waals surface area (Å²) in [5.41, 5.74) is 5.89. The summed E-state index contributed by atoms with van der Waals surface area (Å²) in [7, 11) is 0. The minimum Gasteiger partial charge on any atom is -0.493 e. The highest BCUT2D eigenvalue weighted by atomic mass is 16.5. The maximum absolute atomic E-state index is 11.1. The third kappa shape index (κ3) is 4.59. The molecule has 0 aliphatic carbocycles. The Balaban J connectivity index is 2.18. The molecule has 1 heterocycles. The minimum atomic E-state index is -0.939. The van der Waals surface area contributed by atoms with Gasteiger partial charge >= 0.3 is 5.97 Å². The molecule has 0 atom stereocenters. The summed E-state index contributed by atoms with van der Waals surface area (Å²) in [5.74, 6) is -0.00562. The number of rotatable bonds is 7. The predicted octanol–water partition coefficient (Wildman–Crippen LogP) is 6.80. The van der Waals surface area contributed by atoms with Crippen LogP contribution in [0.4, 0.5) is 0 Å². The average molecular weight is 406 g/mol. The Labute approximate surface area is 178 Å². The zero-order valence-corrected chi connectivity index (χ0v) is 18.5. The third-order valence-electron chi connectivity index (χ3n) is 5.33. The summed E-state index contributed by atoms with van der Waals surface area (Å²) in [6.45, 7) is 11.3. The molecule has 0 fully saturated rings. The number of benzene rings is 2. The van der Waals surface area contributed by atoms with Crippen molar-refractivity contribution in [1.82, 2.24) is 4.98 Å². The van der Waals surface area contributed by atoms with Gasteiger partial charge in [-0.1, -0.05) is 58.4 Å². The van der Waals surface area contributed by atoms with Gasteiger partial charge in [-0.2, -0.15) is 0 Å². The monoisotopic (exact) mass is 405 g/mol. The second-order valence-corrected chi connectivity index (χ2v) is 8.76. The summed E-state index contributed by atoms with van der Waals surface area (Å²) >= 11 is 0. The van der Waals surface area contributed by atoms with Crippen LogP contribution < -0.4 is 4.74 Å². The van der Waals surface area contributed by atoms with Gasteiger partial charge in [0.25, 0.3) is 0 Å². The molecule has 4 heteroatoms. The van der Waals surface area contributed by atoms with Crippen molar-refractivity contribution in [2.24, 2.45) is 0 Å². The van der Waals surface area contributed by atoms with Gasteiger partial charge in [-0.3, -0.25) is 0 Å². The van der Waals surface area contributed by atoms with Crippen molar-refractivity contribution >= 4 is 22.4 Å². The SMILES string of the molecule is CCCCOc1c(-c2c[nH]c3ccc(/C(C)=C/C(=O)O)cc23)cccc1C(C)(C)C. The number of aromatic nitrogens is 1. The van der Waals surface area contributed by atoms with Crippen LogP contribution in [0.2, 0.25) is 0 Å². The molecule has 0 saturated heterocycles. The van der Waals surface area contributed by atoms with Crippen molar-refractivity contribution in [3.8, 4) is 16.9 Å². The number of unbranched alkanes of at least 4 members (excludes halogenated alkanes) is 1. The van der Waals surface area contributed by atoms with Crippen LogP contribution in [0.15, 0.2) is 48.7 Å². The number of carbonyl (C=O) groups is 1. The number of H-pyrrole nitrogens is 1. The van der Waals surface area contributed by atoms with Crippen molar-refractivity contribution in [1.29, 1.82) is 0 Å². The fourth-order valence-corrected chi connectivity index (χ4v) is 3.67. The van der Waals surface area contributed by atoms with Crippen LogP contribution in [0, 0.1) is 0 Å². The van der Waals surface area contributed by atoms with Crippen molar-refractivity contribution in [3.63, 3.8) is 0 Å². The number of fused-ring (bicyclic) bond motifs is 1. The van der Waals surface area contributed by atoms with Crippen LogP contribution in [0.25, 0.3) is 27.6 Å². The molecular formula is C26H31NO3. The summed E-state index contributed by atoms with van der Waals surface area (Å²) in [6.07, 6.45) is 5.35. The van der Waals surface area contributed by atoms with Crippen LogP contribution >= 0.6 is 0 Å². The molecule has 2 N–H and O–H groups in total. The number of hydrogen-bond acceptors (Lipinski definition) is 2. The second kappa shape index (κ2) is 8.78. The zero-order valence-electron chi connectivity index (χ0n) is 18.5. The Morgan fingerprint density at radius 3 is 2.60 bits per heavy atom. The number of hydrogen-bond donors (Lipinski definition) is 2. The van der Waals surface area contributed by atoms with Crippen LogP contribution in [0.3, 0.4) is 0 Å². The molecule has 3 rings (SSSR count). The van der Waals surface area contributed by atoms with Gasteiger partial charge in [0, 0.05) is 39.9 Å². The Morgan fingerprint density at radius 2 is 1.93 bits per heavy atom. The number of aromatic amines is 1. The molecular weight excluding hydrogens is 374 g/mol. The van der Waals surface area contributed by atoms with E-state index in [1.807, 2.05) is 25.3 Å². The molecule has 2 aromatic carbocycles. The van der Waals surface area contributed by atoms with E-state index >= 15 is 0 Å². The van der Waals surface area contributed by atoms with E-state index in [4.69, 9.17) is 9.84 Å². The Morgan fingerprint density at radius 1 is 1.17 bits per heavy atom. The van der Waals surface area contributed by atoms with Gasteiger partial charge in [0.2, 0.25) is 0 Å². The van der Waals surface area contributed by atoms with E-state index in [0.717, 1.165) is 51.8 Å². The second-order valence-electron chi connectivity index (χ2n) is 8.76. The molecule has 0 radical (unpaired) electrons. The predicted molar refractivity (Wildman–Crippen MR) is 124 cm³/mol. The van der Waals surface area contributed by atoms with E-state index < -0.39 is 5.97 Å². The normalized spacial score (nSPS) is 12.4. The highest BCUT2D eigenvalue weighted by Crippen LogP contribution is 2.42. The molecule has 3 aromatic rings. The maximum Gasteiger partial charge on any atom is 0.328 e. The molecule has 0 aliphatic heterocycles. The topological polar surface area (TPSA) is 62.3 Å². The standard InChI is InChI=1S/C26H31NO3/c1-6-7-13-30-25-19(9-8-10-22(25)26(3,4)5)21-16-27-23-12-11-18(15-20(21)23)17(2)14-24(28)29/h8-12,14-16,27H,6-7,13H2,1-5H3,(H,28,29)/b17-14+. The summed E-state index contributed by atoms with van der Waals surface area (Å²) < 4.78 is 6.34. The molecule has 0 saturated carbocycles. The highest BCUT2D eigenvalue weighted by molar-refractivity contribution is 5.99. The molecule has 0 spiro atoms. The quantitative estimate of drug-likeness (QED) is 0.336. The molecule has 0 unspecified atom stereocenters. The van der Waals surface area contributed by atoms with Crippen LogP contribution in [-0.4, -0.2) is 22.7 Å². The van der Waals surface area contributed by atoms with E-state index in [0.29, 0.717) is 6.61 Å². The lowest BCUT2D eigenvalue weighted by Gasteiger charge is -2.25. The first kappa shape index (κ1) is 21.7. The van der Waals surface area contributed by atoms with Gasteiger partial charge < -0.3 is 14.8 Å². The maximum atomic E-state index is 11.1. The van der Waals surface area contributed by atoms with Crippen molar-refractivity contribution in [2.75, 3.05) is 6.61 Å². The Bertz CT molecular complexity index is 1080. The van der Waals surface area contributed by atoms with E-state index in [1.54, 1.807) is 0 Å². The number of ether oxygens (including phenoxy) is 1. The van der Waals surface area contributed by atoms with E-state index in [9.17, 15) is 4.79 Å².